The van der Waals surface area contributed by atoms with Gasteiger partial charge in [0.1, 0.15) is 6.26 Å². The van der Waals surface area contributed by atoms with E-state index in [1.807, 2.05) is 6.07 Å². The number of hydrogen-bond acceptors (Lipinski definition) is 4. The van der Waals surface area contributed by atoms with Gasteiger partial charge in [0.05, 0.1) is 11.6 Å². The minimum atomic E-state index is -0.427. The summed E-state index contributed by atoms with van der Waals surface area (Å²) in [5.41, 5.74) is 1.12. The normalized spacial score (nSPS) is 9.35. The van der Waals surface area contributed by atoms with Crippen molar-refractivity contribution in [2.24, 2.45) is 0 Å². The number of anilines is 2. The van der Waals surface area contributed by atoms with Crippen molar-refractivity contribution in [2.45, 2.75) is 0 Å². The number of nitriles is 1. The van der Waals surface area contributed by atoms with Gasteiger partial charge in [-0.25, -0.2) is 4.79 Å². The van der Waals surface area contributed by atoms with Crippen LogP contribution in [0.3, 0.4) is 0 Å². The first kappa shape index (κ1) is 10.7. The molecular formula is C11H8N4O2. The molecule has 6 nitrogen and oxygen atoms in total. The Balaban J connectivity index is 1.96. The van der Waals surface area contributed by atoms with Crippen LogP contribution in [0.2, 0.25) is 0 Å². The van der Waals surface area contributed by atoms with E-state index >= 15 is 0 Å². The minimum absolute atomic E-state index is 0.330. The fourth-order valence-corrected chi connectivity index (χ4v) is 1.18. The summed E-state index contributed by atoms with van der Waals surface area (Å²) >= 11 is 0. The summed E-state index contributed by atoms with van der Waals surface area (Å²) < 4.78 is 4.57. The topological polar surface area (TPSA) is 91.0 Å². The van der Waals surface area contributed by atoms with E-state index in [-0.39, 0.29) is 0 Å². The highest BCUT2D eigenvalue weighted by atomic mass is 16.5. The van der Waals surface area contributed by atoms with E-state index in [0.29, 0.717) is 17.1 Å². The van der Waals surface area contributed by atoms with Gasteiger partial charge in [0, 0.05) is 11.8 Å². The van der Waals surface area contributed by atoms with Crippen LogP contribution in [0.4, 0.5) is 16.3 Å². The predicted molar refractivity (Wildman–Crippen MR) is 60.3 cm³/mol. The maximum atomic E-state index is 11.5. The van der Waals surface area contributed by atoms with Crippen molar-refractivity contribution in [3.8, 4) is 6.07 Å². The molecule has 0 saturated carbocycles. The standard InChI is InChI=1S/C11H8N4O2/c12-7-8-1-3-9(4-2-8)13-11(16)14-10-5-6-17-15-10/h1-6H,(H2,13,14,15,16). The highest BCUT2D eigenvalue weighted by Gasteiger charge is 2.04. The fraction of sp³-hybridized carbons (Fsp3) is 0. The molecule has 0 unspecified atom stereocenters. The van der Waals surface area contributed by atoms with Gasteiger partial charge in [0.15, 0.2) is 5.82 Å². The van der Waals surface area contributed by atoms with Gasteiger partial charge in [-0.3, -0.25) is 5.32 Å². The Morgan fingerprint density at radius 3 is 2.59 bits per heavy atom. The molecule has 2 amide bonds. The summed E-state index contributed by atoms with van der Waals surface area (Å²) in [6.07, 6.45) is 1.36. The smallest absolute Gasteiger partial charge is 0.324 e. The molecule has 1 heterocycles. The van der Waals surface area contributed by atoms with Crippen LogP contribution in [0, 0.1) is 11.3 Å². The second-order valence-electron chi connectivity index (χ2n) is 3.15. The lowest BCUT2D eigenvalue weighted by atomic mass is 10.2. The fourth-order valence-electron chi connectivity index (χ4n) is 1.18. The van der Waals surface area contributed by atoms with Gasteiger partial charge >= 0.3 is 6.03 Å². The Hall–Kier alpha value is -2.81. The Bertz CT molecular complexity index is 540. The number of nitrogens with one attached hydrogen (secondary N) is 2. The first-order valence-corrected chi connectivity index (χ1v) is 4.76. The van der Waals surface area contributed by atoms with Crippen molar-refractivity contribution < 1.29 is 9.32 Å². The zero-order chi connectivity index (χ0) is 12.1. The Morgan fingerprint density at radius 2 is 2.00 bits per heavy atom. The third-order valence-corrected chi connectivity index (χ3v) is 1.95. The van der Waals surface area contributed by atoms with Crippen LogP contribution in [0.5, 0.6) is 0 Å². The van der Waals surface area contributed by atoms with E-state index in [2.05, 4.69) is 20.3 Å². The molecule has 0 aliphatic rings. The van der Waals surface area contributed by atoms with Crippen LogP contribution in [-0.4, -0.2) is 11.2 Å². The van der Waals surface area contributed by atoms with Crippen molar-refractivity contribution in [2.75, 3.05) is 10.6 Å². The number of amides is 2. The summed E-state index contributed by atoms with van der Waals surface area (Å²) in [5, 5.41) is 17.2. The van der Waals surface area contributed by atoms with Crippen molar-refractivity contribution in [3.63, 3.8) is 0 Å². The maximum absolute atomic E-state index is 11.5. The number of carbonyl (C=O) groups is 1. The monoisotopic (exact) mass is 228 g/mol. The van der Waals surface area contributed by atoms with Crippen LogP contribution in [0.25, 0.3) is 0 Å². The van der Waals surface area contributed by atoms with Crippen LogP contribution in [0.1, 0.15) is 5.56 Å². The summed E-state index contributed by atoms with van der Waals surface area (Å²) in [6.45, 7) is 0. The first-order valence-electron chi connectivity index (χ1n) is 4.76. The lowest BCUT2D eigenvalue weighted by molar-refractivity contribution is 0.262. The molecule has 0 aliphatic carbocycles. The zero-order valence-electron chi connectivity index (χ0n) is 8.68. The SMILES string of the molecule is N#Cc1ccc(NC(=O)Nc2ccon2)cc1. The Labute approximate surface area is 96.8 Å². The molecule has 0 saturated heterocycles. The molecule has 2 N–H and O–H groups in total. The van der Waals surface area contributed by atoms with Crippen LogP contribution in [-0.2, 0) is 0 Å². The van der Waals surface area contributed by atoms with E-state index in [4.69, 9.17) is 5.26 Å². The number of rotatable bonds is 2. The summed E-state index contributed by atoms with van der Waals surface area (Å²) in [7, 11) is 0. The summed E-state index contributed by atoms with van der Waals surface area (Å²) in [6, 6.07) is 9.61. The van der Waals surface area contributed by atoms with E-state index in [1.165, 1.54) is 12.3 Å². The lowest BCUT2D eigenvalue weighted by Gasteiger charge is -2.04. The third-order valence-electron chi connectivity index (χ3n) is 1.95. The molecule has 2 rings (SSSR count). The van der Waals surface area contributed by atoms with Gasteiger partial charge in [-0.2, -0.15) is 5.26 Å². The molecular weight excluding hydrogens is 220 g/mol. The van der Waals surface area contributed by atoms with Crippen molar-refractivity contribution >= 4 is 17.5 Å². The maximum Gasteiger partial charge on any atom is 0.324 e. The van der Waals surface area contributed by atoms with E-state index in [9.17, 15) is 4.79 Å². The summed E-state index contributed by atoms with van der Waals surface area (Å²) in [4.78, 5) is 11.5. The lowest BCUT2D eigenvalue weighted by Crippen LogP contribution is -2.19. The molecule has 1 aromatic heterocycles. The minimum Gasteiger partial charge on any atom is -0.363 e. The van der Waals surface area contributed by atoms with Gasteiger partial charge in [-0.1, -0.05) is 5.16 Å². The van der Waals surface area contributed by atoms with Crippen molar-refractivity contribution in [1.82, 2.24) is 5.16 Å². The number of nitrogens with zero attached hydrogens (tertiary/aromatic N) is 2. The molecule has 84 valence electrons. The van der Waals surface area contributed by atoms with Crippen molar-refractivity contribution in [1.29, 1.82) is 5.26 Å². The molecule has 2 aromatic rings. The first-order chi connectivity index (χ1) is 8.28. The number of carbonyl (C=O) groups excluding carboxylic acids is 1. The second-order valence-corrected chi connectivity index (χ2v) is 3.15. The average Bonchev–Trinajstić information content (AvgIpc) is 2.82. The van der Waals surface area contributed by atoms with Gasteiger partial charge in [-0.05, 0) is 24.3 Å². The molecule has 17 heavy (non-hydrogen) atoms. The zero-order valence-corrected chi connectivity index (χ0v) is 8.68. The second kappa shape index (κ2) is 4.81. The quantitative estimate of drug-likeness (QED) is 0.824. The van der Waals surface area contributed by atoms with Crippen LogP contribution >= 0.6 is 0 Å². The molecule has 0 atom stereocenters. The van der Waals surface area contributed by atoms with Gasteiger partial charge < -0.3 is 9.84 Å². The highest BCUT2D eigenvalue weighted by molar-refractivity contribution is 5.99. The average molecular weight is 228 g/mol. The predicted octanol–water partition coefficient (Wildman–Crippen LogP) is 2.19. The number of benzene rings is 1. The third kappa shape index (κ3) is 2.82. The van der Waals surface area contributed by atoms with Gasteiger partial charge in [-0.15, -0.1) is 0 Å². The Kier molecular flexibility index (Phi) is 3.03. The largest absolute Gasteiger partial charge is 0.363 e. The van der Waals surface area contributed by atoms with E-state index in [1.54, 1.807) is 24.3 Å². The molecule has 0 aliphatic heterocycles. The molecule has 0 fully saturated rings. The van der Waals surface area contributed by atoms with Gasteiger partial charge in [0.25, 0.3) is 0 Å². The number of hydrogen-bond donors (Lipinski definition) is 2. The molecule has 0 bridgehead atoms. The highest BCUT2D eigenvalue weighted by Crippen LogP contribution is 2.09. The number of urea groups is 1. The number of aromatic nitrogens is 1. The molecule has 0 radical (unpaired) electrons. The molecule has 1 aromatic carbocycles. The summed E-state index contributed by atoms with van der Waals surface area (Å²) in [5.74, 6) is 0.330. The molecule has 0 spiro atoms. The van der Waals surface area contributed by atoms with Crippen molar-refractivity contribution in [3.05, 3.63) is 42.2 Å². The Morgan fingerprint density at radius 1 is 1.24 bits per heavy atom. The van der Waals surface area contributed by atoms with Gasteiger partial charge in [0.2, 0.25) is 0 Å². The van der Waals surface area contributed by atoms with E-state index < -0.39 is 6.03 Å². The molecule has 6 heteroatoms. The van der Waals surface area contributed by atoms with E-state index in [0.717, 1.165) is 0 Å². The van der Waals surface area contributed by atoms with Crippen LogP contribution < -0.4 is 10.6 Å². The van der Waals surface area contributed by atoms with Crippen LogP contribution in [0.15, 0.2) is 41.1 Å².